The van der Waals surface area contributed by atoms with Crippen LogP contribution in [0.1, 0.15) is 42.1 Å². The number of aromatic nitrogens is 4. The number of halogens is 1. The average Bonchev–Trinajstić information content (AvgIpc) is 3.61. The molecule has 11 heteroatoms. The molecule has 0 aliphatic heterocycles. The smallest absolute Gasteiger partial charge is 0.225 e. The first-order chi connectivity index (χ1) is 18.4. The van der Waals surface area contributed by atoms with E-state index in [1.54, 1.807) is 18.2 Å². The Morgan fingerprint density at radius 2 is 1.92 bits per heavy atom. The standard InChI is InChI=1S/C27H29FN6O3S/c1-13-20(26-33-23-19(38-26)8-9-29-21(23)14-6-7-14)25(32-22-16(12-35)10-18(36)24(22)37)34-27(31-13)30-11-15-4-2-3-5-17(15)28/h2-5,8-9,14,16,18,22,24,35-37H,6-7,10-12H2,1H3,(H2,30,31,32,34)/t16-,18+,22+,24+/m0/s1. The van der Waals surface area contributed by atoms with Gasteiger partial charge in [-0.1, -0.05) is 18.2 Å². The molecule has 5 N–H and O–H groups in total. The first-order valence-corrected chi connectivity index (χ1v) is 13.6. The summed E-state index contributed by atoms with van der Waals surface area (Å²) in [6, 6.07) is 7.82. The molecule has 4 aromatic rings. The van der Waals surface area contributed by atoms with Crippen molar-refractivity contribution >= 4 is 33.3 Å². The van der Waals surface area contributed by atoms with Gasteiger partial charge in [0.25, 0.3) is 0 Å². The number of hydrogen-bond acceptors (Lipinski definition) is 10. The molecule has 198 valence electrons. The van der Waals surface area contributed by atoms with Gasteiger partial charge in [0.2, 0.25) is 5.95 Å². The lowest BCUT2D eigenvalue weighted by Crippen LogP contribution is -2.38. The van der Waals surface area contributed by atoms with Crippen molar-refractivity contribution in [2.75, 3.05) is 17.2 Å². The fourth-order valence-corrected chi connectivity index (χ4v) is 6.20. The molecule has 1 aromatic carbocycles. The highest BCUT2D eigenvalue weighted by atomic mass is 32.1. The van der Waals surface area contributed by atoms with Gasteiger partial charge in [0.05, 0.1) is 33.8 Å². The minimum absolute atomic E-state index is 0.187. The molecule has 6 rings (SSSR count). The molecule has 2 saturated carbocycles. The van der Waals surface area contributed by atoms with E-state index >= 15 is 0 Å². The summed E-state index contributed by atoms with van der Waals surface area (Å²) in [5.74, 6) is 0.459. The number of benzene rings is 1. The second kappa shape index (κ2) is 10.1. The zero-order valence-electron chi connectivity index (χ0n) is 20.8. The second-order valence-electron chi connectivity index (χ2n) is 10.0. The Kier molecular flexibility index (Phi) is 6.68. The minimum Gasteiger partial charge on any atom is -0.396 e. The van der Waals surface area contributed by atoms with Gasteiger partial charge in [0.15, 0.2) is 0 Å². The van der Waals surface area contributed by atoms with Crippen LogP contribution in [0.15, 0.2) is 36.5 Å². The van der Waals surface area contributed by atoms with Crippen molar-refractivity contribution in [1.82, 2.24) is 19.9 Å². The maximum Gasteiger partial charge on any atom is 0.225 e. The van der Waals surface area contributed by atoms with Gasteiger partial charge in [-0.25, -0.2) is 14.4 Å². The van der Waals surface area contributed by atoms with Gasteiger partial charge in [-0.15, -0.1) is 11.3 Å². The van der Waals surface area contributed by atoms with Crippen LogP contribution in [0, 0.1) is 18.7 Å². The van der Waals surface area contributed by atoms with Crippen molar-refractivity contribution < 1.29 is 19.7 Å². The van der Waals surface area contributed by atoms with Gasteiger partial charge in [-0.05, 0) is 38.3 Å². The summed E-state index contributed by atoms with van der Waals surface area (Å²) in [5.41, 5.74) is 3.69. The highest BCUT2D eigenvalue weighted by molar-refractivity contribution is 7.21. The Morgan fingerprint density at radius 3 is 2.68 bits per heavy atom. The summed E-state index contributed by atoms with van der Waals surface area (Å²) in [7, 11) is 0. The second-order valence-corrected chi connectivity index (χ2v) is 11.1. The monoisotopic (exact) mass is 536 g/mol. The molecule has 4 atom stereocenters. The molecule has 9 nitrogen and oxygen atoms in total. The van der Waals surface area contributed by atoms with Gasteiger partial charge in [0.1, 0.15) is 28.3 Å². The number of pyridine rings is 1. The Bertz CT molecular complexity index is 1480. The van der Waals surface area contributed by atoms with E-state index in [9.17, 15) is 19.7 Å². The number of fused-ring (bicyclic) bond motifs is 1. The molecule has 0 amide bonds. The third kappa shape index (κ3) is 4.71. The van der Waals surface area contributed by atoms with Crippen LogP contribution in [0.4, 0.5) is 16.2 Å². The lowest BCUT2D eigenvalue weighted by Gasteiger charge is -2.24. The number of rotatable bonds is 8. The average molecular weight is 537 g/mol. The maximum absolute atomic E-state index is 14.2. The van der Waals surface area contributed by atoms with Crippen molar-refractivity contribution in [3.8, 4) is 10.6 Å². The SMILES string of the molecule is Cc1nc(NCc2ccccc2F)nc(N[C@@H]2[C@H](CO)C[C@@H](O)[C@H]2O)c1-c1nc2c(C3CC3)nccc2s1. The largest absolute Gasteiger partial charge is 0.396 e. The third-order valence-corrected chi connectivity index (χ3v) is 8.39. The van der Waals surface area contributed by atoms with Gasteiger partial charge < -0.3 is 26.0 Å². The molecular weight excluding hydrogens is 507 g/mol. The van der Waals surface area contributed by atoms with Gasteiger partial charge in [-0.2, -0.15) is 4.98 Å². The Morgan fingerprint density at radius 1 is 1.11 bits per heavy atom. The molecule has 2 aliphatic carbocycles. The first-order valence-electron chi connectivity index (χ1n) is 12.8. The number of anilines is 2. The topological polar surface area (TPSA) is 136 Å². The van der Waals surface area contributed by atoms with Crippen LogP contribution >= 0.6 is 11.3 Å². The van der Waals surface area contributed by atoms with E-state index in [1.165, 1.54) is 17.4 Å². The summed E-state index contributed by atoms with van der Waals surface area (Å²) in [5, 5.41) is 37.9. The lowest BCUT2D eigenvalue weighted by atomic mass is 10.0. The van der Waals surface area contributed by atoms with Crippen LogP contribution in [0.3, 0.4) is 0 Å². The normalized spacial score (nSPS) is 23.2. The summed E-state index contributed by atoms with van der Waals surface area (Å²) in [6.45, 7) is 1.85. The predicted octanol–water partition coefficient (Wildman–Crippen LogP) is 3.60. The number of aliphatic hydroxyl groups excluding tert-OH is 3. The third-order valence-electron chi connectivity index (χ3n) is 7.35. The van der Waals surface area contributed by atoms with E-state index in [1.807, 2.05) is 19.2 Å². The molecule has 0 radical (unpaired) electrons. The van der Waals surface area contributed by atoms with Crippen molar-refractivity contribution in [2.24, 2.45) is 5.92 Å². The number of aliphatic hydroxyl groups is 3. The van der Waals surface area contributed by atoms with Gasteiger partial charge in [-0.3, -0.25) is 4.98 Å². The molecule has 0 saturated heterocycles. The number of nitrogens with zero attached hydrogens (tertiary/aromatic N) is 4. The maximum atomic E-state index is 14.2. The molecule has 0 spiro atoms. The molecule has 38 heavy (non-hydrogen) atoms. The number of aryl methyl sites for hydroxylation is 1. The molecule has 0 bridgehead atoms. The molecule has 3 aromatic heterocycles. The number of nitrogens with one attached hydrogen (secondary N) is 2. The van der Waals surface area contributed by atoms with Crippen molar-refractivity contribution in [3.05, 3.63) is 59.3 Å². The van der Waals surface area contributed by atoms with Crippen LogP contribution < -0.4 is 10.6 Å². The summed E-state index contributed by atoms with van der Waals surface area (Å²) >= 11 is 1.52. The lowest BCUT2D eigenvalue weighted by molar-refractivity contribution is 0.0390. The summed E-state index contributed by atoms with van der Waals surface area (Å²) in [4.78, 5) is 18.9. The Hall–Kier alpha value is -3.25. The Labute approximate surface area is 222 Å². The Balaban J connectivity index is 1.40. The van der Waals surface area contributed by atoms with E-state index < -0.39 is 18.2 Å². The van der Waals surface area contributed by atoms with E-state index in [-0.39, 0.29) is 37.3 Å². The van der Waals surface area contributed by atoms with Crippen molar-refractivity contribution in [3.63, 3.8) is 0 Å². The predicted molar refractivity (Wildman–Crippen MR) is 143 cm³/mol. The zero-order valence-corrected chi connectivity index (χ0v) is 21.6. The fourth-order valence-electron chi connectivity index (χ4n) is 5.13. The number of hydrogen-bond donors (Lipinski definition) is 5. The van der Waals surface area contributed by atoms with Crippen molar-refractivity contribution in [2.45, 2.75) is 56.9 Å². The van der Waals surface area contributed by atoms with E-state index in [0.29, 0.717) is 33.6 Å². The van der Waals surface area contributed by atoms with E-state index in [2.05, 4.69) is 20.6 Å². The molecule has 2 fully saturated rings. The fraction of sp³-hybridized carbons (Fsp3) is 0.407. The molecule has 0 unspecified atom stereocenters. The summed E-state index contributed by atoms with van der Waals surface area (Å²) in [6.07, 6.45) is 2.28. The zero-order chi connectivity index (χ0) is 26.4. The van der Waals surface area contributed by atoms with E-state index in [4.69, 9.17) is 9.97 Å². The van der Waals surface area contributed by atoms with Crippen LogP contribution in [0.2, 0.25) is 0 Å². The van der Waals surface area contributed by atoms with Crippen molar-refractivity contribution in [1.29, 1.82) is 0 Å². The van der Waals surface area contributed by atoms with Crippen LogP contribution in [-0.2, 0) is 6.54 Å². The first kappa shape index (κ1) is 25.1. The molecular formula is C27H29FN6O3S. The highest BCUT2D eigenvalue weighted by Crippen LogP contribution is 2.44. The summed E-state index contributed by atoms with van der Waals surface area (Å²) < 4.78 is 15.2. The van der Waals surface area contributed by atoms with E-state index in [0.717, 1.165) is 28.8 Å². The van der Waals surface area contributed by atoms with Gasteiger partial charge in [0, 0.05) is 36.7 Å². The van der Waals surface area contributed by atoms with Crippen LogP contribution in [-0.4, -0.2) is 60.1 Å². The molecule has 3 heterocycles. The quantitative estimate of drug-likeness (QED) is 0.229. The van der Waals surface area contributed by atoms with Crippen LogP contribution in [0.5, 0.6) is 0 Å². The van der Waals surface area contributed by atoms with Crippen LogP contribution in [0.25, 0.3) is 20.8 Å². The van der Waals surface area contributed by atoms with Gasteiger partial charge >= 0.3 is 0 Å². The molecule has 2 aliphatic rings. The minimum atomic E-state index is -1.08. The highest BCUT2D eigenvalue weighted by Gasteiger charge is 2.42. The number of thiazole rings is 1.